The van der Waals surface area contributed by atoms with Crippen molar-refractivity contribution in [3.63, 3.8) is 0 Å². The topological polar surface area (TPSA) is 0 Å². The van der Waals surface area contributed by atoms with Gasteiger partial charge in [0, 0.05) is 0 Å². The van der Waals surface area contributed by atoms with Crippen molar-refractivity contribution in [2.75, 3.05) is 0 Å². The first kappa shape index (κ1) is 20.4. The minimum absolute atomic E-state index is 0.797. The number of fused-ring (bicyclic) bond motifs is 1. The van der Waals surface area contributed by atoms with Crippen molar-refractivity contribution in [2.45, 2.75) is 103 Å². The second kappa shape index (κ2) is 10.9. The Morgan fingerprint density at radius 3 is 2.19 bits per heavy atom. The van der Waals surface area contributed by atoms with Crippen molar-refractivity contribution in [3.05, 3.63) is 47.5 Å². The van der Waals surface area contributed by atoms with Crippen LogP contribution in [0.1, 0.15) is 108 Å². The molecule has 1 aliphatic rings. The summed E-state index contributed by atoms with van der Waals surface area (Å²) in [4.78, 5) is 0. The lowest BCUT2D eigenvalue weighted by Crippen LogP contribution is -2.13. The first-order valence-corrected chi connectivity index (χ1v) is 11.8. The summed E-state index contributed by atoms with van der Waals surface area (Å²) >= 11 is 0. The van der Waals surface area contributed by atoms with Crippen LogP contribution in [0.2, 0.25) is 0 Å². The molecule has 0 heterocycles. The molecule has 148 valence electrons. The average Bonchev–Trinajstić information content (AvgIpc) is 2.71. The third-order valence-corrected chi connectivity index (χ3v) is 6.78. The van der Waals surface area contributed by atoms with Crippen LogP contribution in [-0.4, -0.2) is 0 Å². The second-order valence-corrected chi connectivity index (χ2v) is 8.97. The molecule has 1 aliphatic carbocycles. The third kappa shape index (κ3) is 6.09. The molecule has 1 fully saturated rings. The van der Waals surface area contributed by atoms with Crippen LogP contribution in [-0.2, 0) is 6.42 Å². The Morgan fingerprint density at radius 1 is 0.704 bits per heavy atom. The van der Waals surface area contributed by atoms with E-state index in [0.29, 0.717) is 0 Å². The zero-order valence-corrected chi connectivity index (χ0v) is 17.8. The molecular weight excluding hydrogens is 324 g/mol. The molecule has 0 atom stereocenters. The summed E-state index contributed by atoms with van der Waals surface area (Å²) in [7, 11) is 0. The van der Waals surface area contributed by atoms with Gasteiger partial charge in [0.2, 0.25) is 0 Å². The summed E-state index contributed by atoms with van der Waals surface area (Å²) < 4.78 is 0. The zero-order valence-electron chi connectivity index (χ0n) is 17.8. The molecule has 0 radical (unpaired) electrons. The molecule has 0 heteroatoms. The van der Waals surface area contributed by atoms with Gasteiger partial charge in [-0.3, -0.25) is 0 Å². The minimum atomic E-state index is 0.797. The number of aryl methyl sites for hydroxylation is 1. The van der Waals surface area contributed by atoms with E-state index in [1.165, 1.54) is 99.8 Å². The lowest BCUT2D eigenvalue weighted by atomic mass is 9.77. The van der Waals surface area contributed by atoms with Crippen molar-refractivity contribution in [1.29, 1.82) is 0 Å². The minimum Gasteiger partial charge on any atom is -0.0654 e. The average molecular weight is 365 g/mol. The van der Waals surface area contributed by atoms with Gasteiger partial charge in [0.1, 0.15) is 0 Å². The molecule has 0 spiro atoms. The van der Waals surface area contributed by atoms with Crippen LogP contribution in [0.4, 0.5) is 0 Å². The molecule has 0 unspecified atom stereocenters. The summed E-state index contributed by atoms with van der Waals surface area (Å²) in [6.07, 6.45) is 18.0. The Balaban J connectivity index is 1.55. The van der Waals surface area contributed by atoms with Crippen molar-refractivity contribution in [3.8, 4) is 0 Å². The van der Waals surface area contributed by atoms with E-state index in [4.69, 9.17) is 0 Å². The molecule has 0 nitrogen and oxygen atoms in total. The molecule has 27 heavy (non-hydrogen) atoms. The maximum absolute atomic E-state index is 2.48. The SMILES string of the molecule is CCCCCCc1ccc2cc([C@H]3CC[C@H](CCCCC)CC3)ccc2c1. The quantitative estimate of drug-likeness (QED) is 0.369. The summed E-state index contributed by atoms with van der Waals surface area (Å²) in [5, 5.41) is 2.87. The van der Waals surface area contributed by atoms with Gasteiger partial charge in [-0.25, -0.2) is 0 Å². The van der Waals surface area contributed by atoms with Crippen LogP contribution in [0.5, 0.6) is 0 Å². The van der Waals surface area contributed by atoms with Crippen LogP contribution in [0.3, 0.4) is 0 Å². The molecule has 2 aromatic rings. The first-order chi connectivity index (χ1) is 13.3. The maximum atomic E-state index is 2.48. The third-order valence-electron chi connectivity index (χ3n) is 6.78. The highest BCUT2D eigenvalue weighted by molar-refractivity contribution is 5.84. The van der Waals surface area contributed by atoms with E-state index < -0.39 is 0 Å². The fourth-order valence-electron chi connectivity index (χ4n) is 4.95. The summed E-state index contributed by atoms with van der Waals surface area (Å²) in [5.41, 5.74) is 3.10. The fourth-order valence-corrected chi connectivity index (χ4v) is 4.95. The second-order valence-electron chi connectivity index (χ2n) is 8.97. The normalized spacial score (nSPS) is 20.2. The number of unbranched alkanes of at least 4 members (excludes halogenated alkanes) is 5. The Labute approximate surface area is 167 Å². The van der Waals surface area contributed by atoms with E-state index in [1.807, 2.05) is 0 Å². The van der Waals surface area contributed by atoms with Crippen molar-refractivity contribution in [2.24, 2.45) is 5.92 Å². The van der Waals surface area contributed by atoms with E-state index >= 15 is 0 Å². The van der Waals surface area contributed by atoms with Crippen LogP contribution >= 0.6 is 0 Å². The molecule has 0 amide bonds. The Hall–Kier alpha value is -1.30. The highest BCUT2D eigenvalue weighted by Crippen LogP contribution is 2.38. The molecule has 0 N–H and O–H groups in total. The lowest BCUT2D eigenvalue weighted by Gasteiger charge is -2.29. The monoisotopic (exact) mass is 364 g/mol. The highest BCUT2D eigenvalue weighted by atomic mass is 14.3. The fraction of sp³-hybridized carbons (Fsp3) is 0.630. The highest BCUT2D eigenvalue weighted by Gasteiger charge is 2.22. The molecule has 3 rings (SSSR count). The number of benzene rings is 2. The van der Waals surface area contributed by atoms with Crippen molar-refractivity contribution in [1.82, 2.24) is 0 Å². The number of rotatable bonds is 10. The van der Waals surface area contributed by atoms with E-state index in [1.54, 1.807) is 5.56 Å². The number of hydrogen-bond donors (Lipinski definition) is 0. The van der Waals surface area contributed by atoms with Crippen molar-refractivity contribution < 1.29 is 0 Å². The largest absolute Gasteiger partial charge is 0.0654 e. The van der Waals surface area contributed by atoms with Gasteiger partial charge in [-0.1, -0.05) is 95.2 Å². The van der Waals surface area contributed by atoms with Crippen LogP contribution < -0.4 is 0 Å². The van der Waals surface area contributed by atoms with E-state index in [0.717, 1.165) is 11.8 Å². The molecule has 0 saturated heterocycles. The first-order valence-electron chi connectivity index (χ1n) is 11.8. The standard InChI is InChI=1S/C27H40/c1-3-5-7-9-11-23-14-17-27-21-26(19-18-25(27)20-23)24-15-12-22(13-16-24)10-8-6-4-2/h14,17-22,24H,3-13,15-16H2,1-2H3/t22-,24-. The molecular formula is C27H40. The Morgan fingerprint density at radius 2 is 1.41 bits per heavy atom. The van der Waals surface area contributed by atoms with Crippen molar-refractivity contribution >= 4 is 10.8 Å². The molecule has 0 aliphatic heterocycles. The molecule has 0 aromatic heterocycles. The molecule has 0 bridgehead atoms. The van der Waals surface area contributed by atoms with E-state index in [-0.39, 0.29) is 0 Å². The molecule has 2 aromatic carbocycles. The Bertz CT molecular complexity index is 675. The van der Waals surface area contributed by atoms with Gasteiger partial charge in [-0.15, -0.1) is 0 Å². The summed E-state index contributed by atoms with van der Waals surface area (Å²) in [6.45, 7) is 4.60. The summed E-state index contributed by atoms with van der Waals surface area (Å²) in [5.74, 6) is 1.80. The van der Waals surface area contributed by atoms with E-state index in [9.17, 15) is 0 Å². The zero-order chi connectivity index (χ0) is 18.9. The van der Waals surface area contributed by atoms with Gasteiger partial charge in [-0.05, 0) is 72.3 Å². The lowest BCUT2D eigenvalue weighted by molar-refractivity contribution is 0.303. The van der Waals surface area contributed by atoms with Crippen LogP contribution in [0.15, 0.2) is 36.4 Å². The molecule has 1 saturated carbocycles. The van der Waals surface area contributed by atoms with Gasteiger partial charge in [0.15, 0.2) is 0 Å². The predicted molar refractivity (Wildman–Crippen MR) is 121 cm³/mol. The predicted octanol–water partition coefficient (Wildman–Crippen LogP) is 8.82. The Kier molecular flexibility index (Phi) is 8.24. The van der Waals surface area contributed by atoms with Crippen LogP contribution in [0.25, 0.3) is 10.8 Å². The number of hydrogen-bond acceptors (Lipinski definition) is 0. The van der Waals surface area contributed by atoms with Gasteiger partial charge in [-0.2, -0.15) is 0 Å². The smallest absolute Gasteiger partial charge is 0.0162 e. The van der Waals surface area contributed by atoms with E-state index in [2.05, 4.69) is 50.2 Å². The summed E-state index contributed by atoms with van der Waals surface area (Å²) in [6, 6.07) is 14.4. The van der Waals surface area contributed by atoms with Crippen LogP contribution in [0, 0.1) is 5.92 Å². The maximum Gasteiger partial charge on any atom is -0.0162 e. The van der Waals surface area contributed by atoms with Gasteiger partial charge >= 0.3 is 0 Å². The van der Waals surface area contributed by atoms with Gasteiger partial charge < -0.3 is 0 Å². The van der Waals surface area contributed by atoms with Gasteiger partial charge in [0.25, 0.3) is 0 Å². The van der Waals surface area contributed by atoms with Gasteiger partial charge in [0.05, 0.1) is 0 Å².